The van der Waals surface area contributed by atoms with E-state index in [1.807, 2.05) is 18.2 Å². The summed E-state index contributed by atoms with van der Waals surface area (Å²) < 4.78 is 5.06. The number of fused-ring (bicyclic) bond motifs is 1. The second kappa shape index (κ2) is 8.57. The van der Waals surface area contributed by atoms with Crippen LogP contribution in [0, 0.1) is 0 Å². The number of aliphatic hydroxyl groups is 1. The Kier molecular flexibility index (Phi) is 5.68. The molecule has 0 unspecified atom stereocenters. The van der Waals surface area contributed by atoms with Crippen molar-refractivity contribution in [1.29, 1.82) is 0 Å². The average Bonchev–Trinajstić information content (AvgIpc) is 3.18. The summed E-state index contributed by atoms with van der Waals surface area (Å²) in [4.78, 5) is 33.8. The van der Waals surface area contributed by atoms with Gasteiger partial charge in [-0.3, -0.25) is 14.8 Å². The zero-order valence-electron chi connectivity index (χ0n) is 16.7. The number of nitrogens with zero attached hydrogens (tertiary/aromatic N) is 3. The van der Waals surface area contributed by atoms with Gasteiger partial charge in [0, 0.05) is 37.6 Å². The fourth-order valence-corrected chi connectivity index (χ4v) is 3.62. The number of hydrogen-bond acceptors (Lipinski definition) is 7. The number of carboxylic acids is 1. The monoisotopic (exact) mass is 422 g/mol. The predicted molar refractivity (Wildman–Crippen MR) is 113 cm³/mol. The Morgan fingerprint density at radius 2 is 1.94 bits per heavy atom. The van der Waals surface area contributed by atoms with Gasteiger partial charge in [0.2, 0.25) is 0 Å². The summed E-state index contributed by atoms with van der Waals surface area (Å²) in [7, 11) is 0. The number of pyridine rings is 2. The smallest absolute Gasteiger partial charge is 0.341 e. The molecule has 0 aliphatic carbocycles. The number of benzene rings is 1. The van der Waals surface area contributed by atoms with Crippen LogP contribution in [0.4, 0.5) is 5.69 Å². The van der Waals surface area contributed by atoms with Crippen molar-refractivity contribution in [3.8, 4) is 5.75 Å². The van der Waals surface area contributed by atoms with E-state index in [2.05, 4.69) is 20.2 Å². The van der Waals surface area contributed by atoms with Crippen molar-refractivity contribution < 1.29 is 24.5 Å². The van der Waals surface area contributed by atoms with Crippen LogP contribution in [0.1, 0.15) is 16.8 Å². The van der Waals surface area contributed by atoms with Gasteiger partial charge >= 0.3 is 5.97 Å². The number of carboxylic acid groups (broad SMARTS) is 1. The molecule has 0 radical (unpaired) electrons. The van der Waals surface area contributed by atoms with Gasteiger partial charge in [0.25, 0.3) is 5.91 Å². The summed E-state index contributed by atoms with van der Waals surface area (Å²) in [6.07, 6.45) is 3.95. The van der Waals surface area contributed by atoms with E-state index in [1.54, 1.807) is 24.5 Å². The molecule has 1 saturated heterocycles. The van der Waals surface area contributed by atoms with Crippen LogP contribution in [0.2, 0.25) is 0 Å². The standard InChI is InChI=1S/C22H22N4O5/c27-19(28)12-31-16-5-3-15(4-6-16)21(29)25-13-22(30)8-11-26(14-22)18-7-10-23-17-2-1-9-24-20(17)18/h1-7,9-10,30H,8,11-14H2,(H,25,29)(H,27,28)/t22-/m0/s1. The molecule has 160 valence electrons. The lowest BCUT2D eigenvalue weighted by Gasteiger charge is -2.25. The minimum atomic E-state index is -1.07. The van der Waals surface area contributed by atoms with E-state index in [1.165, 1.54) is 12.1 Å². The van der Waals surface area contributed by atoms with E-state index in [0.29, 0.717) is 30.8 Å². The SMILES string of the molecule is O=C(O)COc1ccc(C(=O)NC[C@@]2(O)CCN(c3ccnc4cccnc34)C2)cc1. The van der Waals surface area contributed by atoms with Crippen molar-refractivity contribution in [2.75, 3.05) is 31.1 Å². The number of hydrogen-bond donors (Lipinski definition) is 3. The van der Waals surface area contributed by atoms with Crippen LogP contribution >= 0.6 is 0 Å². The Hall–Kier alpha value is -3.72. The molecule has 1 aliphatic rings. The summed E-state index contributed by atoms with van der Waals surface area (Å²) in [5, 5.41) is 22.4. The van der Waals surface area contributed by atoms with Crippen molar-refractivity contribution in [2.24, 2.45) is 0 Å². The normalized spacial score (nSPS) is 18.2. The fourth-order valence-electron chi connectivity index (χ4n) is 3.62. The van der Waals surface area contributed by atoms with Gasteiger partial charge in [0.05, 0.1) is 11.2 Å². The summed E-state index contributed by atoms with van der Waals surface area (Å²) in [5.74, 6) is -1.04. The molecule has 0 bridgehead atoms. The topological polar surface area (TPSA) is 125 Å². The van der Waals surface area contributed by atoms with Crippen LogP contribution in [-0.4, -0.2) is 63.9 Å². The number of aliphatic carboxylic acids is 1. The van der Waals surface area contributed by atoms with E-state index < -0.39 is 18.2 Å². The Balaban J connectivity index is 1.36. The van der Waals surface area contributed by atoms with E-state index in [4.69, 9.17) is 9.84 Å². The molecule has 1 fully saturated rings. The van der Waals surface area contributed by atoms with Crippen molar-refractivity contribution in [2.45, 2.75) is 12.0 Å². The number of carbonyl (C=O) groups is 2. The highest BCUT2D eigenvalue weighted by atomic mass is 16.5. The van der Waals surface area contributed by atoms with E-state index in [0.717, 1.165) is 16.7 Å². The lowest BCUT2D eigenvalue weighted by atomic mass is 10.0. The third-order valence-corrected chi connectivity index (χ3v) is 5.20. The number of aromatic nitrogens is 2. The number of carbonyl (C=O) groups excluding carboxylic acids is 1. The maximum atomic E-state index is 12.5. The molecule has 31 heavy (non-hydrogen) atoms. The van der Waals surface area contributed by atoms with Gasteiger partial charge in [-0.1, -0.05) is 0 Å². The third-order valence-electron chi connectivity index (χ3n) is 5.20. The van der Waals surface area contributed by atoms with Crippen molar-refractivity contribution in [3.63, 3.8) is 0 Å². The average molecular weight is 422 g/mol. The number of nitrogens with one attached hydrogen (secondary N) is 1. The van der Waals surface area contributed by atoms with Crippen molar-refractivity contribution in [3.05, 3.63) is 60.4 Å². The van der Waals surface area contributed by atoms with Gasteiger partial charge in [0.15, 0.2) is 6.61 Å². The largest absolute Gasteiger partial charge is 0.482 e. The molecule has 3 N–H and O–H groups in total. The van der Waals surface area contributed by atoms with Crippen molar-refractivity contribution >= 4 is 28.6 Å². The van der Waals surface area contributed by atoms with Crippen LogP contribution in [0.5, 0.6) is 5.75 Å². The second-order valence-corrected chi connectivity index (χ2v) is 7.49. The molecule has 1 aromatic carbocycles. The molecule has 1 atom stereocenters. The molecule has 0 saturated carbocycles. The zero-order chi connectivity index (χ0) is 21.8. The molecule has 0 spiro atoms. The zero-order valence-corrected chi connectivity index (χ0v) is 16.7. The first-order valence-corrected chi connectivity index (χ1v) is 9.83. The highest BCUT2D eigenvalue weighted by Gasteiger charge is 2.37. The van der Waals surface area contributed by atoms with Gasteiger partial charge in [-0.15, -0.1) is 0 Å². The Labute approximate surface area is 178 Å². The van der Waals surface area contributed by atoms with Crippen LogP contribution in [0.3, 0.4) is 0 Å². The minimum Gasteiger partial charge on any atom is -0.482 e. The molecule has 1 amide bonds. The molecule has 2 aromatic heterocycles. The van der Waals surface area contributed by atoms with E-state index >= 15 is 0 Å². The highest BCUT2D eigenvalue weighted by molar-refractivity contribution is 5.94. The Morgan fingerprint density at radius 3 is 2.71 bits per heavy atom. The molecule has 9 heteroatoms. The molecule has 3 aromatic rings. The third kappa shape index (κ3) is 4.72. The van der Waals surface area contributed by atoms with Crippen LogP contribution < -0.4 is 15.0 Å². The summed E-state index contributed by atoms with van der Waals surface area (Å²) in [5.41, 5.74) is 1.81. The summed E-state index contributed by atoms with van der Waals surface area (Å²) >= 11 is 0. The van der Waals surface area contributed by atoms with E-state index in [-0.39, 0.29) is 12.5 Å². The van der Waals surface area contributed by atoms with E-state index in [9.17, 15) is 14.7 Å². The lowest BCUT2D eigenvalue weighted by Crippen LogP contribution is -2.45. The minimum absolute atomic E-state index is 0.107. The lowest BCUT2D eigenvalue weighted by molar-refractivity contribution is -0.139. The van der Waals surface area contributed by atoms with Crippen LogP contribution in [0.15, 0.2) is 54.9 Å². The quantitative estimate of drug-likeness (QED) is 0.523. The van der Waals surface area contributed by atoms with Gasteiger partial charge < -0.3 is 25.2 Å². The maximum Gasteiger partial charge on any atom is 0.341 e. The first-order chi connectivity index (χ1) is 14.9. The second-order valence-electron chi connectivity index (χ2n) is 7.49. The Bertz CT molecular complexity index is 1100. The number of amides is 1. The number of ether oxygens (including phenoxy) is 1. The molecular weight excluding hydrogens is 400 g/mol. The number of anilines is 1. The van der Waals surface area contributed by atoms with Crippen LogP contribution in [0.25, 0.3) is 11.0 Å². The molecule has 9 nitrogen and oxygen atoms in total. The van der Waals surface area contributed by atoms with Gasteiger partial charge in [-0.05, 0) is 48.9 Å². The maximum absolute atomic E-state index is 12.5. The molecular formula is C22H22N4O5. The first-order valence-electron chi connectivity index (χ1n) is 9.83. The molecule has 4 rings (SSSR count). The Morgan fingerprint density at radius 1 is 1.13 bits per heavy atom. The number of rotatable bonds is 7. The van der Waals surface area contributed by atoms with Gasteiger partial charge in [-0.25, -0.2) is 4.79 Å². The predicted octanol–water partition coefficient (Wildman–Crippen LogP) is 1.46. The van der Waals surface area contributed by atoms with Crippen LogP contribution in [-0.2, 0) is 4.79 Å². The molecule has 1 aliphatic heterocycles. The number of β-amino-alcohol motifs (C(OH)–C–C–N with tert-alkyl or cyclic N) is 1. The summed E-state index contributed by atoms with van der Waals surface area (Å²) in [6, 6.07) is 11.8. The highest BCUT2D eigenvalue weighted by Crippen LogP contribution is 2.30. The fraction of sp³-hybridized carbons (Fsp3) is 0.273. The first kappa shape index (κ1) is 20.5. The molecule has 3 heterocycles. The van der Waals surface area contributed by atoms with Crippen molar-refractivity contribution in [1.82, 2.24) is 15.3 Å². The van der Waals surface area contributed by atoms with Gasteiger partial charge in [0.1, 0.15) is 16.9 Å². The summed E-state index contributed by atoms with van der Waals surface area (Å²) in [6.45, 7) is 0.663. The van der Waals surface area contributed by atoms with Gasteiger partial charge in [-0.2, -0.15) is 0 Å².